The molecule has 20 heavy (non-hydrogen) atoms. The molecule has 2 rings (SSSR count). The van der Waals surface area contributed by atoms with Crippen molar-refractivity contribution >= 4 is 5.91 Å². The molecule has 1 N–H and O–H groups in total. The summed E-state index contributed by atoms with van der Waals surface area (Å²) in [5, 5.41) is 16.7. The molecule has 0 unspecified atom stereocenters. The first-order chi connectivity index (χ1) is 9.45. The quantitative estimate of drug-likeness (QED) is 0.916. The van der Waals surface area contributed by atoms with Crippen molar-refractivity contribution in [2.24, 2.45) is 0 Å². The van der Waals surface area contributed by atoms with Crippen molar-refractivity contribution in [3.63, 3.8) is 0 Å². The van der Waals surface area contributed by atoms with Gasteiger partial charge in [-0.2, -0.15) is 0 Å². The number of aliphatic hydroxyl groups is 1. The van der Waals surface area contributed by atoms with E-state index in [1.165, 1.54) is 11.3 Å². The Balaban J connectivity index is 2.20. The van der Waals surface area contributed by atoms with Gasteiger partial charge in [-0.1, -0.05) is 0 Å². The fraction of sp³-hybridized carbons (Fsp3) is 0.357. The molecule has 0 aliphatic rings. The normalized spacial score (nSPS) is 11.4. The monoisotopic (exact) mass is 275 g/mol. The molecule has 0 saturated carbocycles. The summed E-state index contributed by atoms with van der Waals surface area (Å²) in [7, 11) is 1.67. The van der Waals surface area contributed by atoms with Crippen LogP contribution in [0.4, 0.5) is 0 Å². The van der Waals surface area contributed by atoms with Gasteiger partial charge in [0.2, 0.25) is 12.3 Å². The van der Waals surface area contributed by atoms with Gasteiger partial charge in [-0.25, -0.2) is 0 Å². The average Bonchev–Trinajstić information content (AvgIpc) is 3.00. The molecule has 6 nitrogen and oxygen atoms in total. The second-order valence-corrected chi connectivity index (χ2v) is 5.16. The Hall–Kier alpha value is -2.21. The lowest BCUT2D eigenvalue weighted by Gasteiger charge is -2.34. The van der Waals surface area contributed by atoms with E-state index >= 15 is 0 Å². The lowest BCUT2D eigenvalue weighted by Crippen LogP contribution is -2.47. The number of rotatable bonds is 4. The van der Waals surface area contributed by atoms with Crippen LogP contribution in [0.5, 0.6) is 0 Å². The summed E-state index contributed by atoms with van der Waals surface area (Å²) >= 11 is 0. The van der Waals surface area contributed by atoms with Crippen LogP contribution in [0.3, 0.4) is 0 Å². The topological polar surface area (TPSA) is 79.5 Å². The Morgan fingerprint density at radius 1 is 1.35 bits per heavy atom. The summed E-state index contributed by atoms with van der Waals surface area (Å²) in [4.78, 5) is 13.8. The van der Waals surface area contributed by atoms with Crippen LogP contribution in [-0.2, 0) is 0 Å². The molecule has 0 fully saturated rings. The van der Waals surface area contributed by atoms with E-state index in [1.807, 2.05) is 0 Å². The van der Waals surface area contributed by atoms with Crippen LogP contribution in [0.1, 0.15) is 24.2 Å². The molecule has 1 amide bonds. The third-order valence-electron chi connectivity index (χ3n) is 3.34. The molecule has 0 bridgehead atoms. The predicted octanol–water partition coefficient (Wildman–Crippen LogP) is 1.58. The van der Waals surface area contributed by atoms with Gasteiger partial charge in [0.25, 0.3) is 5.91 Å². The lowest BCUT2D eigenvalue weighted by molar-refractivity contribution is 0.0473. The van der Waals surface area contributed by atoms with Crippen molar-refractivity contribution < 1.29 is 14.3 Å². The molecule has 0 aliphatic heterocycles. The van der Waals surface area contributed by atoms with Gasteiger partial charge >= 0.3 is 0 Å². The number of hydrogen-bond acceptors (Lipinski definition) is 5. The molecular weight excluding hydrogens is 258 g/mol. The van der Waals surface area contributed by atoms with E-state index in [2.05, 4.69) is 10.2 Å². The molecule has 106 valence electrons. The Labute approximate surface area is 117 Å². The minimum absolute atomic E-state index is 0.102. The van der Waals surface area contributed by atoms with Crippen LogP contribution >= 0.6 is 0 Å². The maximum atomic E-state index is 12.3. The molecule has 0 radical (unpaired) electrons. The largest absolute Gasteiger partial charge is 0.423 e. The SMILES string of the molecule is CN(C(=O)c1ccc(-c2nnco2)cc1)C(C)(C)CO. The fourth-order valence-electron chi connectivity index (χ4n) is 1.63. The Morgan fingerprint density at radius 3 is 2.50 bits per heavy atom. The smallest absolute Gasteiger partial charge is 0.254 e. The molecule has 0 aliphatic carbocycles. The van der Waals surface area contributed by atoms with Crippen molar-refractivity contribution in [3.8, 4) is 11.5 Å². The molecule has 0 spiro atoms. The molecule has 1 aromatic carbocycles. The lowest BCUT2D eigenvalue weighted by atomic mass is 10.0. The van der Waals surface area contributed by atoms with E-state index in [4.69, 9.17) is 4.42 Å². The number of aromatic nitrogens is 2. The van der Waals surface area contributed by atoms with Crippen LogP contribution in [0.25, 0.3) is 11.5 Å². The van der Waals surface area contributed by atoms with E-state index < -0.39 is 5.54 Å². The van der Waals surface area contributed by atoms with Crippen LogP contribution < -0.4 is 0 Å². The summed E-state index contributed by atoms with van der Waals surface area (Å²) in [6, 6.07) is 6.90. The molecule has 0 atom stereocenters. The zero-order valence-corrected chi connectivity index (χ0v) is 11.7. The molecular formula is C14H17N3O3. The maximum Gasteiger partial charge on any atom is 0.254 e. The highest BCUT2D eigenvalue weighted by Crippen LogP contribution is 2.19. The van der Waals surface area contributed by atoms with Gasteiger partial charge in [-0.15, -0.1) is 10.2 Å². The molecule has 2 aromatic rings. The van der Waals surface area contributed by atoms with Crippen LogP contribution in [0, 0.1) is 0 Å². The minimum atomic E-state index is -0.609. The van der Waals surface area contributed by atoms with E-state index in [0.717, 1.165) is 5.56 Å². The fourth-order valence-corrected chi connectivity index (χ4v) is 1.63. The summed E-state index contributed by atoms with van der Waals surface area (Å²) in [6.07, 6.45) is 1.26. The predicted molar refractivity (Wildman–Crippen MR) is 73.0 cm³/mol. The maximum absolute atomic E-state index is 12.3. The number of amides is 1. The first-order valence-corrected chi connectivity index (χ1v) is 6.21. The number of aliphatic hydroxyl groups excluding tert-OH is 1. The summed E-state index contributed by atoms with van der Waals surface area (Å²) in [6.45, 7) is 3.50. The van der Waals surface area contributed by atoms with Gasteiger partial charge in [0, 0.05) is 18.2 Å². The van der Waals surface area contributed by atoms with Crippen molar-refractivity contribution in [2.75, 3.05) is 13.7 Å². The highest BCUT2D eigenvalue weighted by molar-refractivity contribution is 5.94. The first kappa shape index (κ1) is 14.2. The van der Waals surface area contributed by atoms with Crippen molar-refractivity contribution in [3.05, 3.63) is 36.2 Å². The standard InChI is InChI=1S/C14H17N3O3/c1-14(2,8-18)17(3)13(19)11-6-4-10(5-7-11)12-16-15-9-20-12/h4-7,9,18H,8H2,1-3H3. The van der Waals surface area contributed by atoms with Crippen LogP contribution in [-0.4, -0.2) is 45.3 Å². The van der Waals surface area contributed by atoms with Crippen molar-refractivity contribution in [1.29, 1.82) is 0 Å². The van der Waals surface area contributed by atoms with Gasteiger partial charge in [0.05, 0.1) is 12.1 Å². The molecule has 1 heterocycles. The first-order valence-electron chi connectivity index (χ1n) is 6.21. The van der Waals surface area contributed by atoms with Crippen LogP contribution in [0.15, 0.2) is 35.1 Å². The van der Waals surface area contributed by atoms with E-state index in [1.54, 1.807) is 45.2 Å². The van der Waals surface area contributed by atoms with Crippen molar-refractivity contribution in [2.45, 2.75) is 19.4 Å². The van der Waals surface area contributed by atoms with Gasteiger partial charge in [0.15, 0.2) is 0 Å². The third-order valence-corrected chi connectivity index (χ3v) is 3.34. The average molecular weight is 275 g/mol. The molecule has 0 saturated heterocycles. The Kier molecular flexibility index (Phi) is 3.85. The Bertz CT molecular complexity index is 576. The highest BCUT2D eigenvalue weighted by Gasteiger charge is 2.27. The second kappa shape index (κ2) is 5.42. The zero-order valence-electron chi connectivity index (χ0n) is 11.7. The summed E-state index contributed by atoms with van der Waals surface area (Å²) < 4.78 is 5.09. The highest BCUT2D eigenvalue weighted by atomic mass is 16.4. The van der Waals surface area contributed by atoms with E-state index in [0.29, 0.717) is 11.5 Å². The number of benzene rings is 1. The van der Waals surface area contributed by atoms with Gasteiger partial charge < -0.3 is 14.4 Å². The van der Waals surface area contributed by atoms with E-state index in [9.17, 15) is 9.90 Å². The number of carbonyl (C=O) groups excluding carboxylic acids is 1. The van der Waals surface area contributed by atoms with Crippen LogP contribution in [0.2, 0.25) is 0 Å². The van der Waals surface area contributed by atoms with Crippen molar-refractivity contribution in [1.82, 2.24) is 15.1 Å². The molecule has 6 heteroatoms. The number of likely N-dealkylation sites (N-methyl/N-ethyl adjacent to an activating group) is 1. The summed E-state index contributed by atoms with van der Waals surface area (Å²) in [5.41, 5.74) is 0.683. The van der Waals surface area contributed by atoms with Gasteiger partial charge in [-0.3, -0.25) is 4.79 Å². The van der Waals surface area contributed by atoms with Gasteiger partial charge in [0.1, 0.15) is 0 Å². The van der Waals surface area contributed by atoms with E-state index in [-0.39, 0.29) is 12.5 Å². The van der Waals surface area contributed by atoms with Gasteiger partial charge in [-0.05, 0) is 38.1 Å². The zero-order chi connectivity index (χ0) is 14.8. The minimum Gasteiger partial charge on any atom is -0.423 e. The molecule has 1 aromatic heterocycles. The number of carbonyl (C=O) groups is 1. The summed E-state index contributed by atoms with van der Waals surface area (Å²) in [5.74, 6) is 0.258. The second-order valence-electron chi connectivity index (χ2n) is 5.16. The number of hydrogen-bond donors (Lipinski definition) is 1. The Morgan fingerprint density at radius 2 is 2.00 bits per heavy atom. The third kappa shape index (κ3) is 2.70. The number of nitrogens with zero attached hydrogens (tertiary/aromatic N) is 3.